The molecule has 0 bridgehead atoms. The zero-order valence-electron chi connectivity index (χ0n) is 22.4. The zero-order valence-corrected chi connectivity index (χ0v) is 22.4. The van der Waals surface area contributed by atoms with Crippen LogP contribution in [0.3, 0.4) is 0 Å². The number of nitroso groups, excluding NO2 is 1. The molecule has 11 heteroatoms. The molecule has 1 heterocycles. The smallest absolute Gasteiger partial charge is 0.236 e. The Bertz CT molecular complexity index is 645. The Morgan fingerprint density at radius 3 is 2.03 bits per heavy atom. The molecular formula is C23H47N7O4. The lowest BCUT2D eigenvalue weighted by Crippen LogP contribution is -2.52. The van der Waals surface area contributed by atoms with E-state index in [1.807, 2.05) is 25.8 Å². The molecule has 0 aromatic heterocycles. The Morgan fingerprint density at radius 1 is 0.912 bits per heavy atom. The fourth-order valence-corrected chi connectivity index (χ4v) is 3.99. The highest BCUT2D eigenvalue weighted by atomic mass is 16.3. The lowest BCUT2D eigenvalue weighted by molar-refractivity contribution is -0.132. The minimum atomic E-state index is -0.677. The quantitative estimate of drug-likeness (QED) is 0.451. The van der Waals surface area contributed by atoms with Crippen molar-refractivity contribution < 1.29 is 14.7 Å². The van der Waals surface area contributed by atoms with Crippen LogP contribution in [0, 0.1) is 4.91 Å². The SMILES string of the molecule is CN1CCN(CC(C)(C)N=O)CCCN(CC(=O)N(C)C)CCN(CC(=O)N(C)C)C(CO)C1. The van der Waals surface area contributed by atoms with Crippen LogP contribution in [0.25, 0.3) is 0 Å². The van der Waals surface area contributed by atoms with Crippen molar-refractivity contribution in [1.29, 1.82) is 0 Å². The summed E-state index contributed by atoms with van der Waals surface area (Å²) < 4.78 is 0. The van der Waals surface area contributed by atoms with Gasteiger partial charge in [0.25, 0.3) is 0 Å². The summed E-state index contributed by atoms with van der Waals surface area (Å²) >= 11 is 0. The Morgan fingerprint density at radius 2 is 1.47 bits per heavy atom. The number of carbonyl (C=O) groups excluding carboxylic acids is 2. The molecule has 11 nitrogen and oxygen atoms in total. The van der Waals surface area contributed by atoms with Crippen LogP contribution in [0.15, 0.2) is 5.18 Å². The first-order valence-electron chi connectivity index (χ1n) is 12.1. The van der Waals surface area contributed by atoms with Crippen molar-refractivity contribution in [3.8, 4) is 0 Å². The van der Waals surface area contributed by atoms with E-state index in [4.69, 9.17) is 0 Å². The van der Waals surface area contributed by atoms with E-state index in [0.717, 1.165) is 32.6 Å². The molecule has 1 aliphatic rings. The molecule has 34 heavy (non-hydrogen) atoms. The summed E-state index contributed by atoms with van der Waals surface area (Å²) in [6.45, 7) is 9.55. The third kappa shape index (κ3) is 11.2. The van der Waals surface area contributed by atoms with E-state index in [1.165, 1.54) is 0 Å². The normalized spacial score (nSPS) is 21.2. The lowest BCUT2D eigenvalue weighted by Gasteiger charge is -2.35. The summed E-state index contributed by atoms with van der Waals surface area (Å²) in [6, 6.07) is -0.206. The number of carbonyl (C=O) groups is 2. The van der Waals surface area contributed by atoms with Crippen molar-refractivity contribution in [2.75, 3.05) is 107 Å². The maximum atomic E-state index is 12.5. The van der Waals surface area contributed by atoms with Gasteiger partial charge in [0, 0.05) is 73.5 Å². The molecule has 1 rings (SSSR count). The average Bonchev–Trinajstić information content (AvgIpc) is 2.78. The van der Waals surface area contributed by atoms with E-state index in [9.17, 15) is 19.6 Å². The molecule has 1 atom stereocenters. The van der Waals surface area contributed by atoms with Crippen molar-refractivity contribution in [1.82, 2.24) is 29.4 Å². The fraction of sp³-hybridized carbons (Fsp3) is 0.913. The molecule has 198 valence electrons. The van der Waals surface area contributed by atoms with Crippen molar-refractivity contribution in [2.45, 2.75) is 31.8 Å². The second kappa shape index (κ2) is 14.7. The number of nitrogens with zero attached hydrogens (tertiary/aromatic N) is 7. The van der Waals surface area contributed by atoms with E-state index < -0.39 is 5.54 Å². The predicted octanol–water partition coefficient (Wildman–Crippen LogP) is -0.690. The van der Waals surface area contributed by atoms with E-state index in [2.05, 4.69) is 19.9 Å². The van der Waals surface area contributed by atoms with Gasteiger partial charge >= 0.3 is 0 Å². The van der Waals surface area contributed by atoms with Gasteiger partial charge in [-0.3, -0.25) is 24.3 Å². The molecule has 1 N–H and O–H groups in total. The zero-order chi connectivity index (χ0) is 25.9. The summed E-state index contributed by atoms with van der Waals surface area (Å²) in [4.78, 5) is 47.9. The molecule has 1 unspecified atom stereocenters. The van der Waals surface area contributed by atoms with Crippen LogP contribution < -0.4 is 0 Å². The second-order valence-electron chi connectivity index (χ2n) is 10.5. The van der Waals surface area contributed by atoms with Crippen LogP contribution in [0.2, 0.25) is 0 Å². The van der Waals surface area contributed by atoms with Crippen molar-refractivity contribution in [3.05, 3.63) is 4.91 Å². The number of likely N-dealkylation sites (N-methyl/N-ethyl adjacent to an activating group) is 3. The van der Waals surface area contributed by atoms with Crippen LogP contribution in [0.1, 0.15) is 20.3 Å². The third-order valence-electron chi connectivity index (χ3n) is 6.25. The molecule has 0 radical (unpaired) electrons. The van der Waals surface area contributed by atoms with Gasteiger partial charge in [0.2, 0.25) is 11.8 Å². The topological polar surface area (TPSA) is 103 Å². The number of amides is 2. The first-order valence-corrected chi connectivity index (χ1v) is 12.1. The highest BCUT2D eigenvalue weighted by Gasteiger charge is 2.26. The number of rotatable bonds is 8. The molecule has 0 aromatic rings. The predicted molar refractivity (Wildman–Crippen MR) is 135 cm³/mol. The van der Waals surface area contributed by atoms with Crippen molar-refractivity contribution in [3.63, 3.8) is 0 Å². The molecule has 0 aliphatic carbocycles. The van der Waals surface area contributed by atoms with Crippen LogP contribution >= 0.6 is 0 Å². The molecular weight excluding hydrogens is 438 g/mol. The average molecular weight is 486 g/mol. The van der Waals surface area contributed by atoms with Gasteiger partial charge in [0.05, 0.1) is 19.7 Å². The number of hydrogen-bond acceptors (Lipinski definition) is 9. The maximum absolute atomic E-state index is 12.5. The standard InChI is InChI=1S/C23H47N7O4/c1-23(2,24-34)19-29-10-8-9-28(16-21(32)25(3)4)13-14-30(17-22(33)26(5)6)20(18-31)15-27(7)11-12-29/h20,31H,8-19H2,1-7H3. The van der Waals surface area contributed by atoms with E-state index in [1.54, 1.807) is 38.0 Å². The van der Waals surface area contributed by atoms with E-state index in [-0.39, 0.29) is 31.0 Å². The summed E-state index contributed by atoms with van der Waals surface area (Å²) in [6.07, 6.45) is 0.847. The van der Waals surface area contributed by atoms with Gasteiger partial charge < -0.3 is 19.8 Å². The minimum absolute atomic E-state index is 0.0175. The summed E-state index contributed by atoms with van der Waals surface area (Å²) in [5, 5.41) is 13.5. The third-order valence-corrected chi connectivity index (χ3v) is 6.25. The van der Waals surface area contributed by atoms with Gasteiger partial charge in [-0.25, -0.2) is 0 Å². The highest BCUT2D eigenvalue weighted by molar-refractivity contribution is 5.78. The van der Waals surface area contributed by atoms with Gasteiger partial charge in [0.1, 0.15) is 5.54 Å². The summed E-state index contributed by atoms with van der Waals surface area (Å²) in [7, 11) is 8.97. The summed E-state index contributed by atoms with van der Waals surface area (Å²) in [5.74, 6) is 0.0120. The monoisotopic (exact) mass is 485 g/mol. The van der Waals surface area contributed by atoms with E-state index in [0.29, 0.717) is 32.7 Å². The van der Waals surface area contributed by atoms with Gasteiger partial charge in [-0.2, -0.15) is 4.91 Å². The summed E-state index contributed by atoms with van der Waals surface area (Å²) in [5.41, 5.74) is -0.677. The Kier molecular flexibility index (Phi) is 13.1. The van der Waals surface area contributed by atoms with Gasteiger partial charge in [-0.15, -0.1) is 0 Å². The van der Waals surface area contributed by atoms with Gasteiger partial charge in [0.15, 0.2) is 0 Å². The van der Waals surface area contributed by atoms with Crippen LogP contribution in [-0.2, 0) is 9.59 Å². The Balaban J connectivity index is 3.11. The van der Waals surface area contributed by atoms with Gasteiger partial charge in [-0.1, -0.05) is 5.18 Å². The first kappa shape index (κ1) is 30.4. The Hall–Kier alpha value is -1.66. The molecule has 0 spiro atoms. The molecule has 1 aliphatic heterocycles. The number of hydrogen-bond donors (Lipinski definition) is 1. The molecule has 0 aromatic carbocycles. The molecule has 1 saturated heterocycles. The van der Waals surface area contributed by atoms with Crippen LogP contribution in [0.4, 0.5) is 0 Å². The number of aliphatic hydroxyl groups excluding tert-OH is 1. The van der Waals surface area contributed by atoms with Crippen LogP contribution in [0.5, 0.6) is 0 Å². The highest BCUT2D eigenvalue weighted by Crippen LogP contribution is 2.12. The molecule has 2 amide bonds. The molecule has 0 saturated carbocycles. The molecule has 1 fully saturated rings. The van der Waals surface area contributed by atoms with Gasteiger partial charge in [-0.05, 0) is 40.4 Å². The minimum Gasteiger partial charge on any atom is -0.395 e. The van der Waals surface area contributed by atoms with Crippen LogP contribution in [-0.4, -0.2) is 165 Å². The largest absolute Gasteiger partial charge is 0.395 e. The van der Waals surface area contributed by atoms with E-state index >= 15 is 0 Å². The number of aliphatic hydroxyl groups is 1. The van der Waals surface area contributed by atoms with Crippen molar-refractivity contribution in [2.24, 2.45) is 5.18 Å². The lowest BCUT2D eigenvalue weighted by atomic mass is 10.1. The van der Waals surface area contributed by atoms with Crippen molar-refractivity contribution >= 4 is 11.8 Å². The second-order valence-corrected chi connectivity index (χ2v) is 10.5. The first-order chi connectivity index (χ1) is 15.9. The Labute approximate surface area is 205 Å². The maximum Gasteiger partial charge on any atom is 0.236 e. The fourth-order valence-electron chi connectivity index (χ4n) is 3.99.